The molecule has 2 aromatic carbocycles. The highest BCUT2D eigenvalue weighted by Gasteiger charge is 2.50. The number of halogens is 1. The van der Waals surface area contributed by atoms with Gasteiger partial charge in [0, 0.05) is 82.6 Å². The molecule has 8 rings (SSSR count). The Morgan fingerprint density at radius 1 is 1.05 bits per heavy atom. The molecule has 4 aliphatic heterocycles. The highest BCUT2D eigenvalue weighted by molar-refractivity contribution is 7.90. The Kier molecular flexibility index (Phi) is 11.8. The minimum atomic E-state index is -4.07. The molecule has 306 valence electrons. The number of nitrogens with zero attached hydrogens (tertiary/aromatic N) is 3. The summed E-state index contributed by atoms with van der Waals surface area (Å²) in [4.78, 5) is 21.4. The first-order valence-corrected chi connectivity index (χ1v) is 22.6. The predicted molar refractivity (Wildman–Crippen MR) is 218 cm³/mol. The number of rotatable bonds is 7. The summed E-state index contributed by atoms with van der Waals surface area (Å²) in [7, 11) is -0.645. The van der Waals surface area contributed by atoms with Crippen LogP contribution in [0.3, 0.4) is 0 Å². The van der Waals surface area contributed by atoms with E-state index < -0.39 is 26.8 Å². The number of hydrogen-bond acceptors (Lipinski definition) is 10. The van der Waals surface area contributed by atoms with Crippen molar-refractivity contribution in [3.63, 3.8) is 0 Å². The molecule has 56 heavy (non-hydrogen) atoms. The van der Waals surface area contributed by atoms with Crippen LogP contribution in [0.5, 0.6) is 5.75 Å². The Morgan fingerprint density at radius 2 is 1.88 bits per heavy atom. The summed E-state index contributed by atoms with van der Waals surface area (Å²) in [5, 5.41) is -0.0888. The van der Waals surface area contributed by atoms with Crippen LogP contribution in [0, 0.1) is 17.8 Å². The van der Waals surface area contributed by atoms with Crippen molar-refractivity contribution in [1.29, 1.82) is 0 Å². The molecular formula is C43H59ClN4O7S. The third-order valence-corrected chi connectivity index (χ3v) is 16.2. The fraction of sp³-hybridized carbons (Fsp3) is 0.651. The maximum atomic E-state index is 14.1. The van der Waals surface area contributed by atoms with Gasteiger partial charge in [0.25, 0.3) is 5.91 Å². The highest BCUT2D eigenvalue weighted by atomic mass is 35.5. The molecule has 2 saturated heterocycles. The highest BCUT2D eigenvalue weighted by Crippen LogP contribution is 2.49. The fourth-order valence-electron chi connectivity index (χ4n) is 10.5. The second-order valence-electron chi connectivity index (χ2n) is 17.3. The zero-order valence-electron chi connectivity index (χ0n) is 33.2. The molecule has 1 amide bonds. The second kappa shape index (κ2) is 16.5. The van der Waals surface area contributed by atoms with Crippen LogP contribution in [0.15, 0.2) is 48.6 Å². The number of amides is 1. The van der Waals surface area contributed by atoms with Crippen molar-refractivity contribution in [2.45, 2.75) is 74.2 Å². The van der Waals surface area contributed by atoms with E-state index in [9.17, 15) is 13.2 Å². The third kappa shape index (κ3) is 7.88. The number of carbonyl (C=O) groups is 1. The number of sulfonamides is 1. The van der Waals surface area contributed by atoms with Crippen molar-refractivity contribution < 1.29 is 32.2 Å². The number of hydrogen-bond donors (Lipinski definition) is 1. The minimum absolute atomic E-state index is 0.241. The summed E-state index contributed by atoms with van der Waals surface area (Å²) in [5.41, 5.74) is 2.82. The lowest BCUT2D eigenvalue weighted by Gasteiger charge is -2.52. The van der Waals surface area contributed by atoms with E-state index in [-0.39, 0.29) is 30.3 Å². The molecule has 1 N–H and O–H groups in total. The number of nitrogens with one attached hydrogen (secondary N) is 1. The van der Waals surface area contributed by atoms with Crippen molar-refractivity contribution in [2.75, 3.05) is 91.4 Å². The molecule has 13 heteroatoms. The van der Waals surface area contributed by atoms with E-state index in [0.717, 1.165) is 95.3 Å². The van der Waals surface area contributed by atoms with Crippen LogP contribution in [0.4, 0.5) is 5.69 Å². The fourth-order valence-corrected chi connectivity index (χ4v) is 12.3. The molecule has 6 aliphatic rings. The average Bonchev–Trinajstić information content (AvgIpc) is 3.29. The number of benzene rings is 2. The number of allylic oxidation sites excluding steroid dienone is 1. The van der Waals surface area contributed by atoms with Crippen LogP contribution in [0.1, 0.15) is 66.9 Å². The van der Waals surface area contributed by atoms with Crippen LogP contribution < -0.4 is 14.4 Å². The predicted octanol–water partition coefficient (Wildman–Crippen LogP) is 5.30. The van der Waals surface area contributed by atoms with Crippen LogP contribution in [0.2, 0.25) is 5.02 Å². The SMILES string of the molecule is COCC[C@@H]1[C@@H](C)C/C=C\[C@@](CN2CCN(C3COC3)CC2)(OC)[C@@H]2CC[C@H]2CN2C[C@@]3(CCCc4cc(Cl)ccc43)COc3ccc(cc32)C(=O)NS1(=O)=O. The zero-order valence-corrected chi connectivity index (χ0v) is 34.8. The standard InChI is InChI=1S/C43H59ClN4O7S/c1-30-6-4-16-43(53-3,28-46-17-19-47(20-18-46)35-25-54-26-35)37-11-8-33(37)24-48-27-42(15-5-7-31-22-34(44)10-12-36(31)42)29-55-39-13-9-32(23-38(39)48)41(49)45-56(50,51)40(30)14-21-52-2/h4,9-10,12-13,16,22-23,30,33,35,37,40H,5-8,11,14-15,17-21,24-29H2,1-3H3,(H,45,49)/b16-4-/t30-,33-,37+,40+,42-,43-/m0/s1. The zero-order chi connectivity index (χ0) is 39.1. The Bertz CT molecular complexity index is 1880. The second-order valence-corrected chi connectivity index (χ2v) is 19.6. The molecule has 2 aliphatic carbocycles. The first kappa shape index (κ1) is 40.1. The van der Waals surface area contributed by atoms with Gasteiger partial charge in [0.2, 0.25) is 10.0 Å². The number of fused-ring (bicyclic) bond motifs is 4. The van der Waals surface area contributed by atoms with Gasteiger partial charge >= 0.3 is 0 Å². The monoisotopic (exact) mass is 810 g/mol. The normalized spacial score (nSPS) is 33.2. The number of aryl methyl sites for hydroxylation is 1. The van der Waals surface area contributed by atoms with Crippen molar-refractivity contribution in [3.8, 4) is 5.75 Å². The van der Waals surface area contributed by atoms with E-state index in [0.29, 0.717) is 42.8 Å². The molecule has 1 spiro atoms. The number of methoxy groups -OCH3 is 2. The van der Waals surface area contributed by atoms with Crippen LogP contribution in [0.25, 0.3) is 0 Å². The average molecular weight is 811 g/mol. The molecule has 0 unspecified atom stereocenters. The topological polar surface area (TPSA) is 110 Å². The number of piperazine rings is 1. The summed E-state index contributed by atoms with van der Waals surface area (Å²) in [6.07, 6.45) is 10.3. The maximum absolute atomic E-state index is 14.1. The van der Waals surface area contributed by atoms with E-state index in [1.54, 1.807) is 13.2 Å². The van der Waals surface area contributed by atoms with Gasteiger partial charge in [0.15, 0.2) is 0 Å². The van der Waals surface area contributed by atoms with Crippen molar-refractivity contribution in [2.24, 2.45) is 17.8 Å². The number of anilines is 1. The van der Waals surface area contributed by atoms with Gasteiger partial charge in [-0.2, -0.15) is 0 Å². The van der Waals surface area contributed by atoms with Crippen molar-refractivity contribution in [1.82, 2.24) is 14.5 Å². The Hall–Kier alpha value is -2.71. The lowest BCUT2D eigenvalue weighted by Crippen LogP contribution is -2.61. The van der Waals surface area contributed by atoms with Gasteiger partial charge in [-0.25, -0.2) is 13.1 Å². The number of ether oxygens (including phenoxy) is 4. The van der Waals surface area contributed by atoms with Gasteiger partial charge < -0.3 is 23.8 Å². The van der Waals surface area contributed by atoms with E-state index in [2.05, 4.69) is 43.7 Å². The smallest absolute Gasteiger partial charge is 0.264 e. The third-order valence-electron chi connectivity index (χ3n) is 14.0. The molecule has 0 radical (unpaired) electrons. The van der Waals surface area contributed by atoms with Gasteiger partial charge in [0.1, 0.15) is 11.4 Å². The number of carbonyl (C=O) groups excluding carboxylic acids is 1. The molecule has 0 aromatic heterocycles. The lowest BCUT2D eigenvalue weighted by atomic mass is 9.63. The quantitative estimate of drug-likeness (QED) is 0.371. The maximum Gasteiger partial charge on any atom is 0.264 e. The molecule has 3 fully saturated rings. The van der Waals surface area contributed by atoms with E-state index >= 15 is 0 Å². The van der Waals surface area contributed by atoms with Gasteiger partial charge in [-0.15, -0.1) is 0 Å². The summed E-state index contributed by atoms with van der Waals surface area (Å²) >= 11 is 6.52. The van der Waals surface area contributed by atoms with Crippen LogP contribution in [-0.2, 0) is 36.1 Å². The van der Waals surface area contributed by atoms with E-state index in [4.69, 9.17) is 30.5 Å². The van der Waals surface area contributed by atoms with Crippen molar-refractivity contribution >= 4 is 33.2 Å². The molecule has 6 atom stereocenters. The largest absolute Gasteiger partial charge is 0.490 e. The first-order chi connectivity index (χ1) is 27.0. The van der Waals surface area contributed by atoms with Crippen LogP contribution >= 0.6 is 11.6 Å². The summed E-state index contributed by atoms with van der Waals surface area (Å²) in [6, 6.07) is 12.2. The summed E-state index contributed by atoms with van der Waals surface area (Å²) in [5.74, 6) is 0.359. The molecule has 4 heterocycles. The lowest BCUT2D eigenvalue weighted by molar-refractivity contribution is -0.107. The molecule has 2 aromatic rings. The van der Waals surface area contributed by atoms with Crippen LogP contribution in [-0.4, -0.2) is 127 Å². The first-order valence-electron chi connectivity index (χ1n) is 20.7. The van der Waals surface area contributed by atoms with Gasteiger partial charge in [0.05, 0.1) is 36.8 Å². The minimum Gasteiger partial charge on any atom is -0.490 e. The van der Waals surface area contributed by atoms with Gasteiger partial charge in [-0.05, 0) is 104 Å². The Labute approximate surface area is 338 Å². The summed E-state index contributed by atoms with van der Waals surface area (Å²) in [6.45, 7) is 10.6. The molecule has 2 bridgehead atoms. The summed E-state index contributed by atoms with van der Waals surface area (Å²) < 4.78 is 54.9. The molecule has 1 saturated carbocycles. The van der Waals surface area contributed by atoms with E-state index in [1.807, 2.05) is 32.2 Å². The molecule has 11 nitrogen and oxygen atoms in total. The van der Waals surface area contributed by atoms with E-state index in [1.165, 1.54) is 11.1 Å². The van der Waals surface area contributed by atoms with Crippen molar-refractivity contribution in [3.05, 3.63) is 70.3 Å². The van der Waals surface area contributed by atoms with Gasteiger partial charge in [-0.1, -0.05) is 36.7 Å². The van der Waals surface area contributed by atoms with Gasteiger partial charge in [-0.3, -0.25) is 14.6 Å². The Balaban J connectivity index is 1.18. The Morgan fingerprint density at radius 3 is 2.59 bits per heavy atom. The molecular weight excluding hydrogens is 752 g/mol.